The molecule has 0 unspecified atom stereocenters. The molecule has 3 heterocycles. The first-order valence-corrected chi connectivity index (χ1v) is 15.7. The minimum absolute atomic E-state index is 0.0762. The maximum Gasteiger partial charge on any atom is 0.264 e. The highest BCUT2D eigenvalue weighted by Crippen LogP contribution is 2.50. The lowest BCUT2D eigenvalue weighted by Gasteiger charge is -2.43. The van der Waals surface area contributed by atoms with E-state index >= 15 is 0 Å². The van der Waals surface area contributed by atoms with Crippen molar-refractivity contribution < 1.29 is 14.6 Å². The number of nitrogens with one attached hydrogen (secondary N) is 1. The standard InChI is InChI=1S/C36H33N3O3S/c1-2-42-32-19-23(13-14-31(32)40)20-33-35(41)38-36(43-33)37-26-21-29-27(24-9-5-3-6-10-24)15-17-39-18-16-28(30(22-26)34(29)39)25-11-7-4-8-12-25/h3-14,19-22,27-28,40H,2,15-18H2,1H3,(H,37,38,41)/b33-20-/t27-,28-/m1/s1. The van der Waals surface area contributed by atoms with E-state index in [1.54, 1.807) is 24.3 Å². The van der Waals surface area contributed by atoms with Crippen LogP contribution in [0.25, 0.3) is 6.08 Å². The second-order valence-electron chi connectivity index (χ2n) is 11.1. The molecule has 4 aromatic rings. The first-order chi connectivity index (χ1) is 21.1. The highest BCUT2D eigenvalue weighted by Gasteiger charge is 2.35. The van der Waals surface area contributed by atoms with E-state index in [9.17, 15) is 9.90 Å². The Labute approximate surface area is 256 Å². The molecule has 1 amide bonds. The summed E-state index contributed by atoms with van der Waals surface area (Å²) >= 11 is 1.33. The Hall–Kier alpha value is -4.49. The molecule has 7 rings (SSSR count). The number of carbonyl (C=O) groups is 1. The Morgan fingerprint density at radius 2 is 1.56 bits per heavy atom. The molecule has 1 saturated heterocycles. The summed E-state index contributed by atoms with van der Waals surface area (Å²) in [6, 6.07) is 31.1. The number of benzene rings is 4. The Bertz CT molecular complexity index is 1660. The smallest absolute Gasteiger partial charge is 0.264 e. The van der Waals surface area contributed by atoms with Crippen LogP contribution in [-0.2, 0) is 4.79 Å². The molecule has 1 fully saturated rings. The van der Waals surface area contributed by atoms with Gasteiger partial charge in [-0.2, -0.15) is 0 Å². The third kappa shape index (κ3) is 5.41. The van der Waals surface area contributed by atoms with Crippen LogP contribution < -0.4 is 15.0 Å². The highest BCUT2D eigenvalue weighted by molar-refractivity contribution is 8.18. The van der Waals surface area contributed by atoms with Crippen molar-refractivity contribution in [3.05, 3.63) is 124 Å². The molecule has 3 aliphatic rings. The zero-order chi connectivity index (χ0) is 29.3. The summed E-state index contributed by atoms with van der Waals surface area (Å²) in [7, 11) is 0. The van der Waals surface area contributed by atoms with E-state index in [1.165, 1.54) is 39.7 Å². The number of nitrogens with zero attached hydrogens (tertiary/aromatic N) is 2. The first-order valence-electron chi connectivity index (χ1n) is 14.9. The molecule has 0 spiro atoms. The largest absolute Gasteiger partial charge is 0.504 e. The van der Waals surface area contributed by atoms with E-state index in [1.807, 2.05) is 6.92 Å². The predicted octanol–water partition coefficient (Wildman–Crippen LogP) is 7.56. The Morgan fingerprint density at radius 3 is 2.16 bits per heavy atom. The van der Waals surface area contributed by atoms with Crippen molar-refractivity contribution in [1.82, 2.24) is 5.32 Å². The van der Waals surface area contributed by atoms with Crippen LogP contribution >= 0.6 is 11.8 Å². The number of carbonyl (C=O) groups excluding carboxylic acids is 1. The number of amides is 1. The Balaban J connectivity index is 1.28. The molecule has 6 nitrogen and oxygen atoms in total. The van der Waals surface area contributed by atoms with E-state index in [0.29, 0.717) is 22.4 Å². The van der Waals surface area contributed by atoms with Crippen molar-refractivity contribution in [3.8, 4) is 11.5 Å². The molecule has 0 radical (unpaired) electrons. The fraction of sp³-hybridized carbons (Fsp3) is 0.222. The van der Waals surface area contributed by atoms with Crippen LogP contribution in [0.3, 0.4) is 0 Å². The van der Waals surface area contributed by atoms with Crippen LogP contribution in [0.5, 0.6) is 11.5 Å². The van der Waals surface area contributed by atoms with Gasteiger partial charge in [-0.05, 0) is 89.7 Å². The van der Waals surface area contributed by atoms with Crippen LogP contribution in [0.15, 0.2) is 101 Å². The number of anilines is 1. The predicted molar refractivity (Wildman–Crippen MR) is 175 cm³/mol. The lowest BCUT2D eigenvalue weighted by molar-refractivity contribution is -0.115. The molecule has 2 atom stereocenters. The SMILES string of the molecule is CCOc1cc(/C=C2\SC(=Nc3cc4c5c(c3)[C@@H](c3ccccc3)CCN5CC[C@@H]4c3ccccc3)NC2=O)ccc1O. The van der Waals surface area contributed by atoms with Crippen LogP contribution in [0.2, 0.25) is 0 Å². The Morgan fingerprint density at radius 1 is 0.930 bits per heavy atom. The van der Waals surface area contributed by atoms with E-state index < -0.39 is 0 Å². The van der Waals surface area contributed by atoms with Gasteiger partial charge in [-0.25, -0.2) is 4.99 Å². The molecule has 0 bridgehead atoms. The normalized spacial score (nSPS) is 21.1. The number of thioether (sulfide) groups is 1. The van der Waals surface area contributed by atoms with Gasteiger partial charge in [0.2, 0.25) is 0 Å². The van der Waals surface area contributed by atoms with Crippen LogP contribution in [0.4, 0.5) is 11.4 Å². The molecule has 0 aliphatic carbocycles. The summed E-state index contributed by atoms with van der Waals surface area (Å²) in [5, 5.41) is 13.6. The minimum atomic E-state index is -0.190. The molecular weight excluding hydrogens is 554 g/mol. The van der Waals surface area contributed by atoms with Gasteiger partial charge in [-0.3, -0.25) is 4.79 Å². The number of hydrogen-bond donors (Lipinski definition) is 2. The van der Waals surface area contributed by atoms with E-state index in [4.69, 9.17) is 9.73 Å². The van der Waals surface area contributed by atoms with Gasteiger partial charge in [0, 0.05) is 30.6 Å². The molecule has 216 valence electrons. The summed E-state index contributed by atoms with van der Waals surface area (Å²) in [4.78, 5) is 21.1. The summed E-state index contributed by atoms with van der Waals surface area (Å²) in [6.07, 6.45) is 3.91. The van der Waals surface area contributed by atoms with E-state index in [0.717, 1.165) is 37.2 Å². The van der Waals surface area contributed by atoms with Crippen LogP contribution in [-0.4, -0.2) is 35.9 Å². The molecule has 3 aliphatic heterocycles. The molecular formula is C36H33N3O3S. The monoisotopic (exact) mass is 587 g/mol. The van der Waals surface area contributed by atoms with Crippen molar-refractivity contribution in [2.45, 2.75) is 31.6 Å². The van der Waals surface area contributed by atoms with Gasteiger partial charge in [-0.15, -0.1) is 0 Å². The topological polar surface area (TPSA) is 74.2 Å². The highest BCUT2D eigenvalue weighted by atomic mass is 32.2. The van der Waals surface area contributed by atoms with Gasteiger partial charge >= 0.3 is 0 Å². The van der Waals surface area contributed by atoms with Gasteiger partial charge in [0.1, 0.15) is 0 Å². The van der Waals surface area contributed by atoms with E-state index in [-0.39, 0.29) is 23.5 Å². The summed E-state index contributed by atoms with van der Waals surface area (Å²) in [6.45, 7) is 4.38. The molecule has 0 saturated carbocycles. The first kappa shape index (κ1) is 27.3. The molecule has 7 heteroatoms. The quantitative estimate of drug-likeness (QED) is 0.228. The van der Waals surface area contributed by atoms with Crippen LogP contribution in [0, 0.1) is 0 Å². The fourth-order valence-electron chi connectivity index (χ4n) is 6.54. The maximum absolute atomic E-state index is 13.0. The van der Waals surface area contributed by atoms with Crippen molar-refractivity contribution in [2.75, 3.05) is 24.6 Å². The van der Waals surface area contributed by atoms with Crippen molar-refractivity contribution >= 4 is 40.3 Å². The molecule has 43 heavy (non-hydrogen) atoms. The lowest BCUT2D eigenvalue weighted by atomic mass is 9.76. The van der Waals surface area contributed by atoms with Gasteiger partial charge in [-0.1, -0.05) is 66.7 Å². The molecule has 4 aromatic carbocycles. The molecule has 0 aromatic heterocycles. The number of phenolic OH excluding ortho intramolecular Hbond substituents is 1. The summed E-state index contributed by atoms with van der Waals surface area (Å²) in [5.41, 5.74) is 8.25. The second kappa shape index (κ2) is 11.7. The zero-order valence-electron chi connectivity index (χ0n) is 24.0. The number of phenols is 1. The average molecular weight is 588 g/mol. The number of amidine groups is 1. The second-order valence-corrected chi connectivity index (χ2v) is 12.1. The number of rotatable bonds is 6. The average Bonchev–Trinajstić information content (AvgIpc) is 3.37. The molecule has 2 N–H and O–H groups in total. The number of aliphatic imine (C=N–C) groups is 1. The fourth-order valence-corrected chi connectivity index (χ4v) is 7.39. The van der Waals surface area contributed by atoms with Crippen molar-refractivity contribution in [2.24, 2.45) is 4.99 Å². The van der Waals surface area contributed by atoms with Gasteiger partial charge in [0.15, 0.2) is 16.7 Å². The van der Waals surface area contributed by atoms with E-state index in [2.05, 4.69) is 83.0 Å². The van der Waals surface area contributed by atoms with Gasteiger partial charge in [0.05, 0.1) is 17.2 Å². The summed E-state index contributed by atoms with van der Waals surface area (Å²) in [5.74, 6) is 0.858. The van der Waals surface area contributed by atoms with Crippen molar-refractivity contribution in [3.63, 3.8) is 0 Å². The Kier molecular flexibility index (Phi) is 7.41. The van der Waals surface area contributed by atoms with Crippen LogP contribution in [0.1, 0.15) is 59.4 Å². The number of aromatic hydroxyl groups is 1. The third-order valence-corrected chi connectivity index (χ3v) is 9.37. The number of hydrogen-bond acceptors (Lipinski definition) is 6. The maximum atomic E-state index is 13.0. The zero-order valence-corrected chi connectivity index (χ0v) is 24.8. The lowest BCUT2D eigenvalue weighted by Crippen LogP contribution is -2.37. The number of ether oxygens (including phenoxy) is 1. The van der Waals surface area contributed by atoms with Gasteiger partial charge < -0.3 is 20.1 Å². The summed E-state index contributed by atoms with van der Waals surface area (Å²) < 4.78 is 5.52. The van der Waals surface area contributed by atoms with Crippen molar-refractivity contribution in [1.29, 1.82) is 0 Å². The third-order valence-electron chi connectivity index (χ3n) is 8.46. The van der Waals surface area contributed by atoms with Gasteiger partial charge in [0.25, 0.3) is 5.91 Å². The minimum Gasteiger partial charge on any atom is -0.504 e.